The number of imidazole rings is 1. The van der Waals surface area contributed by atoms with Gasteiger partial charge in [-0.1, -0.05) is 33.6 Å². The summed E-state index contributed by atoms with van der Waals surface area (Å²) in [6, 6.07) is 0. The van der Waals surface area contributed by atoms with Crippen LogP contribution in [-0.2, 0) is 6.54 Å². The Labute approximate surface area is 75.6 Å². The fraction of sp³-hybridized carbons (Fsp3) is 0.700. The molecule has 1 aromatic rings. The zero-order valence-corrected chi connectivity index (χ0v) is 8.45. The fourth-order valence-corrected chi connectivity index (χ4v) is 0.963. The summed E-state index contributed by atoms with van der Waals surface area (Å²) in [4.78, 5) is 3.96. The average Bonchev–Trinajstić information content (AvgIpc) is 2.61. The van der Waals surface area contributed by atoms with Crippen molar-refractivity contribution in [3.05, 3.63) is 18.7 Å². The topological polar surface area (TPSA) is 17.8 Å². The van der Waals surface area contributed by atoms with Crippen LogP contribution in [0.5, 0.6) is 0 Å². The van der Waals surface area contributed by atoms with Gasteiger partial charge in [-0.15, -0.1) is 0 Å². The number of aromatic nitrogens is 2. The number of unbranched alkanes of at least 4 members (excludes halogenated alkanes) is 2. The summed E-state index contributed by atoms with van der Waals surface area (Å²) in [6.45, 7) is 7.34. The van der Waals surface area contributed by atoms with Crippen LogP contribution in [0.25, 0.3) is 0 Å². The summed E-state index contributed by atoms with van der Waals surface area (Å²) < 4.78 is 2.12. The average molecular weight is 168 g/mol. The molecule has 0 spiro atoms. The molecule has 0 aromatic carbocycles. The maximum atomic E-state index is 3.96. The molecule has 0 N–H and O–H groups in total. The summed E-state index contributed by atoms with van der Waals surface area (Å²) in [7, 11) is 0. The summed E-state index contributed by atoms with van der Waals surface area (Å²) >= 11 is 0. The van der Waals surface area contributed by atoms with Gasteiger partial charge in [-0.2, -0.15) is 0 Å². The summed E-state index contributed by atoms with van der Waals surface area (Å²) in [5.41, 5.74) is 0. The van der Waals surface area contributed by atoms with Crippen molar-refractivity contribution in [3.63, 3.8) is 0 Å². The van der Waals surface area contributed by atoms with Crippen molar-refractivity contribution in [2.75, 3.05) is 0 Å². The van der Waals surface area contributed by atoms with E-state index in [0.29, 0.717) is 0 Å². The molecule has 0 unspecified atom stereocenters. The van der Waals surface area contributed by atoms with Gasteiger partial charge in [-0.25, -0.2) is 4.98 Å². The van der Waals surface area contributed by atoms with Crippen molar-refractivity contribution in [3.8, 4) is 0 Å². The first kappa shape index (κ1) is 11.2. The van der Waals surface area contributed by atoms with E-state index >= 15 is 0 Å². The van der Waals surface area contributed by atoms with Crippen molar-refractivity contribution in [2.24, 2.45) is 0 Å². The normalized spacial score (nSPS) is 8.92. The van der Waals surface area contributed by atoms with Gasteiger partial charge in [-0.3, -0.25) is 0 Å². The molecule has 1 aromatic heterocycles. The lowest BCUT2D eigenvalue weighted by Gasteiger charge is -1.98. The van der Waals surface area contributed by atoms with E-state index in [1.165, 1.54) is 19.3 Å². The Morgan fingerprint density at radius 2 is 2.00 bits per heavy atom. The van der Waals surface area contributed by atoms with Crippen LogP contribution in [0.4, 0.5) is 0 Å². The Hall–Kier alpha value is -0.790. The van der Waals surface area contributed by atoms with Gasteiger partial charge in [0.05, 0.1) is 6.33 Å². The van der Waals surface area contributed by atoms with Crippen LogP contribution < -0.4 is 0 Å². The minimum atomic E-state index is 1.12. The molecule has 0 aliphatic rings. The van der Waals surface area contributed by atoms with E-state index in [9.17, 15) is 0 Å². The highest BCUT2D eigenvalue weighted by atomic mass is 15.0. The zero-order valence-electron chi connectivity index (χ0n) is 8.45. The van der Waals surface area contributed by atoms with Gasteiger partial charge in [0.1, 0.15) is 0 Å². The van der Waals surface area contributed by atoms with E-state index < -0.39 is 0 Å². The minimum Gasteiger partial charge on any atom is -0.337 e. The highest BCUT2D eigenvalue weighted by Gasteiger charge is 1.87. The molecular weight excluding hydrogens is 148 g/mol. The Morgan fingerprint density at radius 1 is 1.25 bits per heavy atom. The van der Waals surface area contributed by atoms with Crippen molar-refractivity contribution in [1.82, 2.24) is 9.55 Å². The molecule has 0 fully saturated rings. The van der Waals surface area contributed by atoms with Gasteiger partial charge < -0.3 is 4.57 Å². The largest absolute Gasteiger partial charge is 0.337 e. The Morgan fingerprint density at radius 3 is 2.50 bits per heavy atom. The molecule has 0 aliphatic heterocycles. The van der Waals surface area contributed by atoms with E-state index in [1.807, 2.05) is 32.6 Å². The smallest absolute Gasteiger partial charge is 0.0945 e. The molecule has 12 heavy (non-hydrogen) atoms. The van der Waals surface area contributed by atoms with Crippen LogP contribution in [0.1, 0.15) is 40.0 Å². The maximum absolute atomic E-state index is 3.96. The highest BCUT2D eigenvalue weighted by Crippen LogP contribution is 1.97. The Kier molecular flexibility index (Phi) is 7.76. The lowest BCUT2D eigenvalue weighted by Crippen LogP contribution is -1.92. The van der Waals surface area contributed by atoms with Crippen molar-refractivity contribution in [2.45, 2.75) is 46.6 Å². The third-order valence-corrected chi connectivity index (χ3v) is 1.58. The number of hydrogen-bond acceptors (Lipinski definition) is 1. The summed E-state index contributed by atoms with van der Waals surface area (Å²) in [6.07, 6.45) is 9.58. The third-order valence-electron chi connectivity index (χ3n) is 1.58. The van der Waals surface area contributed by atoms with E-state index in [2.05, 4.69) is 16.5 Å². The molecule has 0 aliphatic carbocycles. The molecule has 0 amide bonds. The maximum Gasteiger partial charge on any atom is 0.0945 e. The first-order valence-corrected chi connectivity index (χ1v) is 4.89. The molecule has 1 heterocycles. The Bertz CT molecular complexity index is 156. The molecular formula is C10H20N2. The molecule has 0 atom stereocenters. The van der Waals surface area contributed by atoms with E-state index in [0.717, 1.165) is 6.54 Å². The minimum absolute atomic E-state index is 1.12. The Balaban J connectivity index is 0.000000561. The molecule has 0 radical (unpaired) electrons. The van der Waals surface area contributed by atoms with Gasteiger partial charge in [0.2, 0.25) is 0 Å². The molecule has 2 nitrogen and oxygen atoms in total. The van der Waals surface area contributed by atoms with Gasteiger partial charge >= 0.3 is 0 Å². The van der Waals surface area contributed by atoms with Gasteiger partial charge in [0.25, 0.3) is 0 Å². The van der Waals surface area contributed by atoms with Crippen LogP contribution in [0.3, 0.4) is 0 Å². The molecule has 0 saturated carbocycles. The van der Waals surface area contributed by atoms with E-state index in [4.69, 9.17) is 0 Å². The van der Waals surface area contributed by atoms with E-state index in [-0.39, 0.29) is 0 Å². The van der Waals surface area contributed by atoms with Crippen molar-refractivity contribution < 1.29 is 0 Å². The lowest BCUT2D eigenvalue weighted by atomic mass is 10.2. The highest BCUT2D eigenvalue weighted by molar-refractivity contribution is 4.73. The molecule has 0 saturated heterocycles. The van der Waals surface area contributed by atoms with Crippen molar-refractivity contribution in [1.29, 1.82) is 0 Å². The molecule has 0 bridgehead atoms. The molecule has 1 rings (SSSR count). The van der Waals surface area contributed by atoms with Crippen LogP contribution in [0.15, 0.2) is 18.7 Å². The lowest BCUT2D eigenvalue weighted by molar-refractivity contribution is 0.602. The van der Waals surface area contributed by atoms with Crippen molar-refractivity contribution >= 4 is 0 Å². The first-order valence-electron chi connectivity index (χ1n) is 4.89. The van der Waals surface area contributed by atoms with Crippen LogP contribution in [0, 0.1) is 0 Å². The summed E-state index contributed by atoms with van der Waals surface area (Å²) in [5.74, 6) is 0. The molecule has 70 valence electrons. The quantitative estimate of drug-likeness (QED) is 0.632. The predicted molar refractivity (Wildman–Crippen MR) is 53.1 cm³/mol. The van der Waals surface area contributed by atoms with E-state index in [1.54, 1.807) is 0 Å². The number of aryl methyl sites for hydroxylation is 1. The predicted octanol–water partition coefficient (Wildman–Crippen LogP) is 3.10. The third kappa shape index (κ3) is 4.94. The van der Waals surface area contributed by atoms with Gasteiger partial charge in [-0.05, 0) is 6.42 Å². The SMILES string of the molecule is CC.CCCCCn1ccnc1. The van der Waals surface area contributed by atoms with Crippen LogP contribution >= 0.6 is 0 Å². The second kappa shape index (κ2) is 8.31. The number of rotatable bonds is 4. The second-order valence-electron chi connectivity index (χ2n) is 2.51. The van der Waals surface area contributed by atoms with Crippen LogP contribution in [0.2, 0.25) is 0 Å². The second-order valence-corrected chi connectivity index (χ2v) is 2.51. The summed E-state index contributed by atoms with van der Waals surface area (Å²) in [5, 5.41) is 0. The van der Waals surface area contributed by atoms with Gasteiger partial charge in [0, 0.05) is 18.9 Å². The molecule has 2 heteroatoms. The standard InChI is InChI=1S/C8H14N2.C2H6/c1-2-3-4-6-10-7-5-9-8-10;1-2/h5,7-8H,2-4,6H2,1H3;1-2H3. The number of hydrogen-bond donors (Lipinski definition) is 0. The fourth-order valence-electron chi connectivity index (χ4n) is 0.963. The van der Waals surface area contributed by atoms with Gasteiger partial charge in [0.15, 0.2) is 0 Å². The zero-order chi connectivity index (χ0) is 9.23. The van der Waals surface area contributed by atoms with Crippen LogP contribution in [-0.4, -0.2) is 9.55 Å². The number of nitrogens with zero attached hydrogens (tertiary/aromatic N) is 2. The first-order chi connectivity index (χ1) is 5.93. The monoisotopic (exact) mass is 168 g/mol.